The van der Waals surface area contributed by atoms with E-state index in [2.05, 4.69) is 5.32 Å². The van der Waals surface area contributed by atoms with Crippen molar-refractivity contribution in [3.8, 4) is 11.5 Å². The van der Waals surface area contributed by atoms with Crippen molar-refractivity contribution < 1.29 is 14.3 Å². The molecule has 1 N–H and O–H groups in total. The van der Waals surface area contributed by atoms with E-state index in [0.717, 1.165) is 5.56 Å². The maximum absolute atomic E-state index is 12.7. The Labute approximate surface area is 145 Å². The molecule has 2 aromatic carbocycles. The van der Waals surface area contributed by atoms with Gasteiger partial charge in [-0.05, 0) is 48.6 Å². The Morgan fingerprint density at radius 2 is 1.75 bits per heavy atom. The lowest BCUT2D eigenvalue weighted by atomic mass is 10.1. The van der Waals surface area contributed by atoms with Crippen LogP contribution in [0.3, 0.4) is 0 Å². The maximum atomic E-state index is 12.7. The molecule has 0 aromatic heterocycles. The third kappa shape index (κ3) is 2.96. The van der Waals surface area contributed by atoms with Crippen molar-refractivity contribution >= 4 is 35.0 Å². The van der Waals surface area contributed by atoms with Gasteiger partial charge < -0.3 is 14.8 Å². The van der Waals surface area contributed by atoms with Gasteiger partial charge in [-0.25, -0.2) is 0 Å². The first-order valence-electron chi connectivity index (χ1n) is 7.28. The van der Waals surface area contributed by atoms with E-state index in [-0.39, 0.29) is 5.91 Å². The van der Waals surface area contributed by atoms with Crippen molar-refractivity contribution in [3.05, 3.63) is 59.8 Å². The Bertz CT molecular complexity index is 815. The van der Waals surface area contributed by atoms with Gasteiger partial charge in [0.1, 0.15) is 17.2 Å². The number of amides is 1. The van der Waals surface area contributed by atoms with E-state index in [4.69, 9.17) is 21.7 Å². The first-order chi connectivity index (χ1) is 11.6. The lowest BCUT2D eigenvalue weighted by Crippen LogP contribution is -2.30. The molecule has 1 fully saturated rings. The van der Waals surface area contributed by atoms with Crippen LogP contribution in [0, 0.1) is 0 Å². The third-order valence-electron chi connectivity index (χ3n) is 3.65. The molecule has 0 aliphatic carbocycles. The summed E-state index contributed by atoms with van der Waals surface area (Å²) in [4.78, 5) is 14.2. The second kappa shape index (κ2) is 6.72. The smallest absolute Gasteiger partial charge is 0.281 e. The average molecular weight is 340 g/mol. The van der Waals surface area contributed by atoms with E-state index in [1.807, 2.05) is 24.3 Å². The lowest BCUT2D eigenvalue weighted by molar-refractivity contribution is -0.113. The Balaban J connectivity index is 1.92. The van der Waals surface area contributed by atoms with Gasteiger partial charge >= 0.3 is 0 Å². The Kier molecular flexibility index (Phi) is 4.48. The van der Waals surface area contributed by atoms with Gasteiger partial charge in [0, 0.05) is 5.56 Å². The molecule has 0 atom stereocenters. The standard InChI is InChI=1S/C18H16N2O3S/c1-22-14-9-7-13(8-10-14)20-17(21)15(19-18(20)24)11-12-5-3-4-6-16(12)23-2/h3-11H,1-2H3,(H,19,24)/b15-11-. The topological polar surface area (TPSA) is 50.8 Å². The summed E-state index contributed by atoms with van der Waals surface area (Å²) in [6.45, 7) is 0. The first-order valence-corrected chi connectivity index (χ1v) is 7.69. The molecule has 2 aromatic rings. The van der Waals surface area contributed by atoms with Gasteiger partial charge in [0.2, 0.25) is 0 Å². The molecule has 0 bridgehead atoms. The summed E-state index contributed by atoms with van der Waals surface area (Å²) in [6.07, 6.45) is 1.73. The van der Waals surface area contributed by atoms with Gasteiger partial charge in [0.25, 0.3) is 5.91 Å². The molecular weight excluding hydrogens is 324 g/mol. The molecule has 0 radical (unpaired) electrons. The highest BCUT2D eigenvalue weighted by atomic mass is 32.1. The molecule has 0 unspecified atom stereocenters. The van der Waals surface area contributed by atoms with Gasteiger partial charge in [-0.2, -0.15) is 0 Å². The number of para-hydroxylation sites is 1. The zero-order valence-corrected chi connectivity index (χ0v) is 14.1. The van der Waals surface area contributed by atoms with E-state index in [1.165, 1.54) is 4.90 Å². The summed E-state index contributed by atoms with van der Waals surface area (Å²) in [5, 5.41) is 3.30. The minimum atomic E-state index is -0.212. The van der Waals surface area contributed by atoms with E-state index >= 15 is 0 Å². The molecule has 1 heterocycles. The van der Waals surface area contributed by atoms with Crippen molar-refractivity contribution in [1.82, 2.24) is 5.32 Å². The number of ether oxygens (including phenoxy) is 2. The zero-order valence-electron chi connectivity index (χ0n) is 13.3. The summed E-state index contributed by atoms with van der Waals surface area (Å²) in [6, 6.07) is 14.6. The van der Waals surface area contributed by atoms with Gasteiger partial charge in [0.15, 0.2) is 5.11 Å². The fraction of sp³-hybridized carbons (Fsp3) is 0.111. The quantitative estimate of drug-likeness (QED) is 0.685. The van der Waals surface area contributed by atoms with Crippen LogP contribution in [-0.2, 0) is 4.79 Å². The Hall–Kier alpha value is -2.86. The van der Waals surface area contributed by atoms with Crippen molar-refractivity contribution in [2.75, 3.05) is 19.1 Å². The monoisotopic (exact) mass is 340 g/mol. The molecular formula is C18H16N2O3S. The van der Waals surface area contributed by atoms with Crippen LogP contribution in [0.4, 0.5) is 5.69 Å². The maximum Gasteiger partial charge on any atom is 0.281 e. The molecule has 1 aliphatic rings. The van der Waals surface area contributed by atoms with E-state index in [0.29, 0.717) is 28.0 Å². The molecule has 24 heavy (non-hydrogen) atoms. The fourth-order valence-electron chi connectivity index (χ4n) is 2.44. The van der Waals surface area contributed by atoms with Crippen LogP contribution in [0.25, 0.3) is 6.08 Å². The number of anilines is 1. The molecule has 1 aliphatic heterocycles. The van der Waals surface area contributed by atoms with Gasteiger partial charge in [0.05, 0.1) is 19.9 Å². The summed E-state index contributed by atoms with van der Waals surface area (Å²) in [7, 11) is 3.19. The Morgan fingerprint density at radius 1 is 1.04 bits per heavy atom. The van der Waals surface area contributed by atoms with Crippen LogP contribution in [0.2, 0.25) is 0 Å². The van der Waals surface area contributed by atoms with Crippen molar-refractivity contribution in [2.45, 2.75) is 0 Å². The highest BCUT2D eigenvalue weighted by Gasteiger charge is 2.32. The SMILES string of the molecule is COc1ccc(N2C(=O)/C(=C/c3ccccc3OC)NC2=S)cc1. The van der Waals surface area contributed by atoms with Crippen LogP contribution in [0.1, 0.15) is 5.56 Å². The molecule has 5 nitrogen and oxygen atoms in total. The summed E-state index contributed by atoms with van der Waals surface area (Å²) in [5.74, 6) is 1.19. The van der Waals surface area contributed by atoms with Crippen molar-refractivity contribution in [3.63, 3.8) is 0 Å². The number of thiocarbonyl (C=S) groups is 1. The van der Waals surface area contributed by atoms with Gasteiger partial charge in [-0.3, -0.25) is 9.69 Å². The molecule has 0 saturated carbocycles. The number of methoxy groups -OCH3 is 2. The van der Waals surface area contributed by atoms with E-state index in [9.17, 15) is 4.79 Å². The van der Waals surface area contributed by atoms with Crippen LogP contribution < -0.4 is 19.7 Å². The number of carbonyl (C=O) groups is 1. The van der Waals surface area contributed by atoms with Crippen molar-refractivity contribution in [1.29, 1.82) is 0 Å². The molecule has 1 amide bonds. The Morgan fingerprint density at radius 3 is 2.42 bits per heavy atom. The number of benzene rings is 2. The number of nitrogens with zero attached hydrogens (tertiary/aromatic N) is 1. The summed E-state index contributed by atoms with van der Waals surface area (Å²) >= 11 is 5.31. The van der Waals surface area contributed by atoms with Crippen molar-refractivity contribution in [2.24, 2.45) is 0 Å². The molecule has 0 spiro atoms. The van der Waals surface area contributed by atoms with Crippen LogP contribution in [-0.4, -0.2) is 25.2 Å². The largest absolute Gasteiger partial charge is 0.497 e. The number of hydrogen-bond donors (Lipinski definition) is 1. The van der Waals surface area contributed by atoms with Crippen LogP contribution in [0.15, 0.2) is 54.2 Å². The van der Waals surface area contributed by atoms with Gasteiger partial charge in [-0.1, -0.05) is 18.2 Å². The fourth-order valence-corrected chi connectivity index (χ4v) is 2.74. The molecule has 6 heteroatoms. The number of carbonyl (C=O) groups excluding carboxylic acids is 1. The van der Waals surface area contributed by atoms with Crippen LogP contribution >= 0.6 is 12.2 Å². The lowest BCUT2D eigenvalue weighted by Gasteiger charge is -2.14. The highest BCUT2D eigenvalue weighted by molar-refractivity contribution is 7.80. The predicted octanol–water partition coefficient (Wildman–Crippen LogP) is 2.97. The summed E-state index contributed by atoms with van der Waals surface area (Å²) in [5.41, 5.74) is 1.89. The van der Waals surface area contributed by atoms with Gasteiger partial charge in [-0.15, -0.1) is 0 Å². The van der Waals surface area contributed by atoms with Crippen LogP contribution in [0.5, 0.6) is 11.5 Å². The third-order valence-corrected chi connectivity index (χ3v) is 3.93. The second-order valence-electron chi connectivity index (χ2n) is 5.07. The average Bonchev–Trinajstić information content (AvgIpc) is 2.89. The first kappa shape index (κ1) is 16.0. The number of nitrogens with one attached hydrogen (secondary N) is 1. The molecule has 1 saturated heterocycles. The summed E-state index contributed by atoms with van der Waals surface area (Å²) < 4.78 is 10.4. The second-order valence-corrected chi connectivity index (χ2v) is 5.46. The zero-order chi connectivity index (χ0) is 17.1. The van der Waals surface area contributed by atoms with E-state index < -0.39 is 0 Å². The highest BCUT2D eigenvalue weighted by Crippen LogP contribution is 2.26. The van der Waals surface area contributed by atoms with E-state index in [1.54, 1.807) is 44.6 Å². The normalized spacial score (nSPS) is 15.6. The minimum Gasteiger partial charge on any atom is -0.497 e. The molecule has 122 valence electrons. The predicted molar refractivity (Wildman–Crippen MR) is 97.2 cm³/mol. The number of hydrogen-bond acceptors (Lipinski definition) is 4. The number of rotatable bonds is 4. The molecule has 3 rings (SSSR count). The minimum absolute atomic E-state index is 0.212.